The lowest BCUT2D eigenvalue weighted by Crippen LogP contribution is -2.67. The average Bonchev–Trinajstić information content (AvgIpc) is 3.51. The van der Waals surface area contributed by atoms with Gasteiger partial charge in [0.25, 0.3) is 0 Å². The third-order valence-corrected chi connectivity index (χ3v) is 7.90. The first-order chi connectivity index (χ1) is 19.4. The number of likely N-dealkylation sites (tertiary alicyclic amines) is 1. The van der Waals surface area contributed by atoms with Gasteiger partial charge in [-0.1, -0.05) is 0 Å². The van der Waals surface area contributed by atoms with Crippen LogP contribution in [0.15, 0.2) is 55.4 Å². The Hall–Kier alpha value is -4.58. The number of methoxy groups -OCH3 is 1. The fourth-order valence-electron chi connectivity index (χ4n) is 5.84. The molecule has 5 aromatic rings. The third kappa shape index (κ3) is 4.02. The molecule has 1 atom stereocenters. The lowest BCUT2D eigenvalue weighted by molar-refractivity contribution is 0.133. The van der Waals surface area contributed by atoms with E-state index >= 15 is 0 Å². The van der Waals surface area contributed by atoms with E-state index in [0.29, 0.717) is 54.7 Å². The van der Waals surface area contributed by atoms with E-state index in [1.165, 1.54) is 12.7 Å². The van der Waals surface area contributed by atoms with Crippen molar-refractivity contribution < 1.29 is 13.9 Å². The van der Waals surface area contributed by atoms with Crippen LogP contribution in [0, 0.1) is 6.92 Å². The van der Waals surface area contributed by atoms with E-state index in [0.717, 1.165) is 28.1 Å². The van der Waals surface area contributed by atoms with E-state index in [9.17, 15) is 4.39 Å². The molecule has 0 saturated carbocycles. The zero-order chi connectivity index (χ0) is 27.4. The van der Waals surface area contributed by atoms with Crippen molar-refractivity contribution in [3.05, 3.63) is 60.9 Å². The molecule has 204 valence electrons. The number of benzene rings is 1. The average molecular weight is 542 g/mol. The molecule has 11 nitrogen and oxygen atoms in total. The summed E-state index contributed by atoms with van der Waals surface area (Å²) in [5, 5.41) is 8.39. The number of anilines is 3. The summed E-state index contributed by atoms with van der Waals surface area (Å²) in [4.78, 5) is 22.1. The Morgan fingerprint density at radius 1 is 1.07 bits per heavy atom. The summed E-state index contributed by atoms with van der Waals surface area (Å²) < 4.78 is 27.7. The number of hydrogen-bond acceptors (Lipinski definition) is 10. The van der Waals surface area contributed by atoms with Gasteiger partial charge in [0, 0.05) is 44.0 Å². The largest absolute Gasteiger partial charge is 0.479 e. The van der Waals surface area contributed by atoms with Crippen molar-refractivity contribution in [2.75, 3.05) is 44.0 Å². The van der Waals surface area contributed by atoms with Crippen LogP contribution < -0.4 is 19.7 Å². The molecule has 4 aromatic heterocycles. The minimum absolute atomic E-state index is 0.179. The normalized spacial score (nSPS) is 18.4. The number of nitrogens with one attached hydrogen (secondary N) is 1. The van der Waals surface area contributed by atoms with E-state index in [1.54, 1.807) is 17.8 Å². The summed E-state index contributed by atoms with van der Waals surface area (Å²) in [6, 6.07) is 9.55. The Bertz CT molecular complexity index is 1740. The van der Waals surface area contributed by atoms with Gasteiger partial charge in [-0.25, -0.2) is 28.8 Å². The maximum atomic E-state index is 14.2. The van der Waals surface area contributed by atoms with Gasteiger partial charge >= 0.3 is 0 Å². The van der Waals surface area contributed by atoms with Crippen LogP contribution in [-0.4, -0.2) is 80.0 Å². The lowest BCUT2D eigenvalue weighted by atomic mass is 9.86. The Labute approximate surface area is 229 Å². The molecular weight excluding hydrogens is 513 g/mol. The topological polar surface area (TPSA) is 106 Å². The summed E-state index contributed by atoms with van der Waals surface area (Å²) >= 11 is 0. The molecule has 6 heterocycles. The quantitative estimate of drug-likeness (QED) is 0.337. The molecular formula is C28H28FN9O2. The summed E-state index contributed by atoms with van der Waals surface area (Å²) in [7, 11) is 3.60. The summed E-state index contributed by atoms with van der Waals surface area (Å²) in [6.45, 7) is 3.81. The number of aryl methyl sites for hydroxylation is 1. The fourth-order valence-corrected chi connectivity index (χ4v) is 5.84. The van der Waals surface area contributed by atoms with Crippen LogP contribution in [0.5, 0.6) is 17.4 Å². The molecule has 2 saturated heterocycles. The van der Waals surface area contributed by atoms with Crippen LogP contribution in [0.2, 0.25) is 0 Å². The molecule has 0 unspecified atom stereocenters. The van der Waals surface area contributed by atoms with Crippen molar-refractivity contribution in [2.45, 2.75) is 25.1 Å². The maximum absolute atomic E-state index is 14.2. The highest BCUT2D eigenvalue weighted by Crippen LogP contribution is 2.46. The number of fused-ring (bicyclic) bond motifs is 2. The molecule has 0 aliphatic carbocycles. The molecule has 12 heteroatoms. The van der Waals surface area contributed by atoms with Gasteiger partial charge in [0.15, 0.2) is 5.65 Å². The zero-order valence-corrected chi connectivity index (χ0v) is 22.4. The number of rotatable bonds is 6. The van der Waals surface area contributed by atoms with Crippen LogP contribution in [0.1, 0.15) is 12.0 Å². The lowest BCUT2D eigenvalue weighted by Gasteiger charge is -2.53. The van der Waals surface area contributed by atoms with Gasteiger partial charge in [0.05, 0.1) is 29.7 Å². The van der Waals surface area contributed by atoms with Crippen molar-refractivity contribution in [1.82, 2.24) is 34.4 Å². The zero-order valence-electron chi connectivity index (χ0n) is 22.4. The number of alkyl halides is 1. The van der Waals surface area contributed by atoms with E-state index in [2.05, 4.69) is 40.2 Å². The Balaban J connectivity index is 1.19. The Kier molecular flexibility index (Phi) is 5.66. The van der Waals surface area contributed by atoms with E-state index < -0.39 is 6.17 Å². The van der Waals surface area contributed by atoms with Crippen molar-refractivity contribution in [3.8, 4) is 17.4 Å². The molecule has 40 heavy (non-hydrogen) atoms. The minimum atomic E-state index is -0.805. The van der Waals surface area contributed by atoms with Crippen LogP contribution in [0.3, 0.4) is 0 Å². The number of hydrogen-bond donors (Lipinski definition) is 1. The molecule has 2 aliphatic rings. The van der Waals surface area contributed by atoms with Crippen molar-refractivity contribution >= 4 is 33.7 Å². The highest BCUT2D eigenvalue weighted by atomic mass is 19.1. The van der Waals surface area contributed by atoms with Crippen molar-refractivity contribution in [3.63, 3.8) is 0 Å². The number of halogens is 1. The van der Waals surface area contributed by atoms with Gasteiger partial charge < -0.3 is 19.7 Å². The first-order valence-corrected chi connectivity index (χ1v) is 13.1. The summed E-state index contributed by atoms with van der Waals surface area (Å²) in [5.41, 5.74) is 3.82. The number of ether oxygens (including phenoxy) is 2. The van der Waals surface area contributed by atoms with Gasteiger partial charge in [-0.3, -0.25) is 4.90 Å². The van der Waals surface area contributed by atoms with Gasteiger partial charge in [-0.15, -0.1) is 0 Å². The van der Waals surface area contributed by atoms with E-state index in [1.807, 2.05) is 50.5 Å². The molecule has 0 radical (unpaired) electrons. The Morgan fingerprint density at radius 3 is 2.73 bits per heavy atom. The van der Waals surface area contributed by atoms with Crippen LogP contribution in [0.25, 0.3) is 16.6 Å². The minimum Gasteiger partial charge on any atom is -0.479 e. The van der Waals surface area contributed by atoms with Crippen molar-refractivity contribution in [1.29, 1.82) is 0 Å². The highest BCUT2D eigenvalue weighted by molar-refractivity contribution is 6.02. The predicted octanol–water partition coefficient (Wildman–Crippen LogP) is 4.15. The molecule has 2 aliphatic heterocycles. The maximum Gasteiger partial charge on any atom is 0.238 e. The molecule has 1 spiro atoms. The predicted molar refractivity (Wildman–Crippen MR) is 148 cm³/mol. The second-order valence-electron chi connectivity index (χ2n) is 10.5. The third-order valence-electron chi connectivity index (χ3n) is 7.90. The highest BCUT2D eigenvalue weighted by Gasteiger charge is 2.53. The van der Waals surface area contributed by atoms with Crippen LogP contribution in [-0.2, 0) is 0 Å². The second kappa shape index (κ2) is 9.26. The molecule has 7 rings (SSSR count). The van der Waals surface area contributed by atoms with E-state index in [-0.39, 0.29) is 5.54 Å². The standard InChI is InChI=1S/C28H28FN9O2/c1-17-8-19(4-5-22(17)40-20-6-7-38-23(9-20)32-16-34-38)35-26-24-21(31-15-33-26)11-30-27(39-3)25(24)37-13-28(14-37)10-18(29)12-36(28)2/h4-9,11,15-16,18H,10,12-14H2,1-3H3,(H,31,33,35)/t18-/m0/s1. The SMILES string of the molecule is COc1ncc2ncnc(Nc3ccc(Oc4ccn5ncnc5c4)c(C)c3)c2c1N1CC2(C[C@H](F)CN2C)C1. The summed E-state index contributed by atoms with van der Waals surface area (Å²) in [5.74, 6) is 2.53. The smallest absolute Gasteiger partial charge is 0.238 e. The van der Waals surface area contributed by atoms with Gasteiger partial charge in [-0.2, -0.15) is 5.10 Å². The summed E-state index contributed by atoms with van der Waals surface area (Å²) in [6.07, 6.45) is 6.25. The second-order valence-corrected chi connectivity index (χ2v) is 10.5. The Morgan fingerprint density at radius 2 is 1.95 bits per heavy atom. The fraction of sp³-hybridized carbons (Fsp3) is 0.321. The number of nitrogens with zero attached hydrogens (tertiary/aromatic N) is 8. The molecule has 0 bridgehead atoms. The number of aromatic nitrogens is 6. The van der Waals surface area contributed by atoms with Crippen molar-refractivity contribution in [2.24, 2.45) is 0 Å². The molecule has 0 amide bonds. The van der Waals surface area contributed by atoms with Gasteiger partial charge in [0.1, 0.15) is 41.8 Å². The first-order valence-electron chi connectivity index (χ1n) is 13.1. The van der Waals surface area contributed by atoms with Gasteiger partial charge in [0.2, 0.25) is 5.88 Å². The number of likely N-dealkylation sites (N-methyl/N-ethyl adjacent to an activating group) is 1. The first kappa shape index (κ1) is 24.5. The molecule has 2 fully saturated rings. The molecule has 1 N–H and O–H groups in total. The van der Waals surface area contributed by atoms with E-state index in [4.69, 9.17) is 9.47 Å². The van der Waals surface area contributed by atoms with Gasteiger partial charge in [-0.05, 0) is 43.8 Å². The van der Waals surface area contributed by atoms with Crippen LogP contribution >= 0.6 is 0 Å². The number of pyridine rings is 2. The monoisotopic (exact) mass is 541 g/mol. The van der Waals surface area contributed by atoms with Crippen LogP contribution in [0.4, 0.5) is 21.6 Å². The molecule has 1 aromatic carbocycles.